The van der Waals surface area contributed by atoms with Crippen LogP contribution in [0.15, 0.2) is 53.1 Å². The molecule has 1 aromatic heterocycles. The number of hydrogen-bond donors (Lipinski definition) is 2. The maximum absolute atomic E-state index is 13.2. The number of carbonyl (C=O) groups is 2. The van der Waals surface area contributed by atoms with Crippen LogP contribution >= 0.6 is 11.8 Å². The Morgan fingerprint density at radius 3 is 2.40 bits per heavy atom. The van der Waals surface area contributed by atoms with Gasteiger partial charge in [-0.25, -0.2) is 18.2 Å². The maximum atomic E-state index is 13.2. The number of aliphatic carboxylic acids is 1. The number of hydrogen-bond acceptors (Lipinski definition) is 8. The van der Waals surface area contributed by atoms with Crippen molar-refractivity contribution in [3.05, 3.63) is 77.0 Å². The van der Waals surface area contributed by atoms with E-state index < -0.39 is 27.8 Å². The second kappa shape index (κ2) is 16.2. The first-order chi connectivity index (χ1) is 19.0. The average molecular weight is 591 g/mol. The fourth-order valence-corrected chi connectivity index (χ4v) is 4.31. The third-order valence-corrected chi connectivity index (χ3v) is 7.40. The third-order valence-electron chi connectivity index (χ3n) is 5.85. The van der Waals surface area contributed by atoms with E-state index in [9.17, 15) is 23.1 Å². The summed E-state index contributed by atoms with van der Waals surface area (Å²) in [6.07, 6.45) is 5.22. The molecule has 0 aliphatic rings. The lowest BCUT2D eigenvalue weighted by molar-refractivity contribution is -0.139. The van der Waals surface area contributed by atoms with Gasteiger partial charge in [0, 0.05) is 18.2 Å². The molecule has 40 heavy (non-hydrogen) atoms. The Hall–Kier alpha value is -3.15. The predicted octanol–water partition coefficient (Wildman–Crippen LogP) is 4.92. The molecule has 218 valence electrons. The van der Waals surface area contributed by atoms with Crippen LogP contribution < -0.4 is 5.32 Å². The van der Waals surface area contributed by atoms with E-state index in [0.717, 1.165) is 22.9 Å². The zero-order chi connectivity index (χ0) is 29.7. The van der Waals surface area contributed by atoms with Crippen molar-refractivity contribution in [1.29, 1.82) is 0 Å². The van der Waals surface area contributed by atoms with Crippen LogP contribution in [0.5, 0.6) is 0 Å². The van der Waals surface area contributed by atoms with Gasteiger partial charge in [0.1, 0.15) is 28.2 Å². The van der Waals surface area contributed by atoms with Crippen molar-refractivity contribution in [1.82, 2.24) is 10.3 Å². The molecular weight excluding hydrogens is 552 g/mol. The number of nitrogens with one attached hydrogen (secondary N) is 1. The lowest BCUT2D eigenvalue weighted by atomic mass is 9.93. The number of carboxylic acids is 1. The summed E-state index contributed by atoms with van der Waals surface area (Å²) < 4.78 is 34.3. The number of amides is 1. The summed E-state index contributed by atoms with van der Waals surface area (Å²) in [6.45, 7) is 6.52. The molecule has 0 radical (unpaired) electrons. The van der Waals surface area contributed by atoms with Crippen LogP contribution in [0.1, 0.15) is 53.4 Å². The Kier molecular flexibility index (Phi) is 13.4. The van der Waals surface area contributed by atoms with E-state index in [2.05, 4.69) is 23.5 Å². The fourth-order valence-electron chi connectivity index (χ4n) is 3.65. The van der Waals surface area contributed by atoms with Gasteiger partial charge in [0.15, 0.2) is 5.89 Å². The molecule has 2 aromatic carbocycles. The minimum Gasteiger partial charge on any atom is -0.480 e. The molecule has 0 saturated heterocycles. The van der Waals surface area contributed by atoms with Crippen LogP contribution in [0, 0.1) is 6.92 Å². The molecule has 1 unspecified atom stereocenters. The van der Waals surface area contributed by atoms with Crippen molar-refractivity contribution in [3.63, 3.8) is 0 Å². The summed E-state index contributed by atoms with van der Waals surface area (Å²) in [7, 11) is -3.38. The molecule has 0 aliphatic carbocycles. The number of rotatable bonds is 13. The van der Waals surface area contributed by atoms with Crippen LogP contribution in [0.4, 0.5) is 0 Å². The molecule has 3 rings (SSSR count). The van der Waals surface area contributed by atoms with Gasteiger partial charge < -0.3 is 19.6 Å². The average Bonchev–Trinajstić information content (AvgIpc) is 3.38. The van der Waals surface area contributed by atoms with Crippen molar-refractivity contribution >= 4 is 33.5 Å². The van der Waals surface area contributed by atoms with Crippen molar-refractivity contribution in [2.75, 3.05) is 24.0 Å². The van der Waals surface area contributed by atoms with Gasteiger partial charge in [-0.05, 0) is 59.7 Å². The lowest BCUT2D eigenvalue weighted by Gasteiger charge is -2.17. The highest BCUT2D eigenvalue weighted by atomic mass is 32.2. The maximum Gasteiger partial charge on any atom is 0.326 e. The van der Waals surface area contributed by atoms with Gasteiger partial charge in [-0.2, -0.15) is 11.8 Å². The Morgan fingerprint density at radius 1 is 1.12 bits per heavy atom. The molecule has 3 aromatic rings. The number of thioether (sulfide) groups is 1. The molecule has 0 saturated carbocycles. The first-order valence-electron chi connectivity index (χ1n) is 12.9. The number of aryl methyl sites for hydroxylation is 2. The van der Waals surface area contributed by atoms with Crippen LogP contribution in [0.2, 0.25) is 0 Å². The number of oxazole rings is 1. The standard InChI is InChI=1S/C26H30N2O7S.C3H8S/c1-4-24-27-14-19(35-24)16-34-15-18-9-10-21(22(13-18)20-8-6-5-7-17(20)2)25(29)28-23(26(30)31)11-12-36(3,32)33;1-3-4-2/h5-10,13-14,23H,4,11-12,15-16H2,1-3H3,(H,28,29)(H,30,31);3H2,1-2H3. The second-order valence-corrected chi connectivity index (χ2v) is 12.5. The number of benzene rings is 2. The van der Waals surface area contributed by atoms with Crippen molar-refractivity contribution in [3.8, 4) is 11.1 Å². The van der Waals surface area contributed by atoms with Gasteiger partial charge in [0.2, 0.25) is 0 Å². The van der Waals surface area contributed by atoms with E-state index in [-0.39, 0.29) is 31.0 Å². The normalized spacial score (nSPS) is 11.8. The summed E-state index contributed by atoms with van der Waals surface area (Å²) >= 11 is 1.86. The quantitative estimate of drug-likeness (QED) is 0.284. The van der Waals surface area contributed by atoms with Crippen molar-refractivity contribution in [2.45, 2.75) is 52.9 Å². The lowest BCUT2D eigenvalue weighted by Crippen LogP contribution is -2.42. The first-order valence-corrected chi connectivity index (χ1v) is 16.3. The summed E-state index contributed by atoms with van der Waals surface area (Å²) in [6, 6.07) is 11.4. The summed E-state index contributed by atoms with van der Waals surface area (Å²) in [4.78, 5) is 29.0. The van der Waals surface area contributed by atoms with Crippen LogP contribution in [-0.2, 0) is 39.0 Å². The number of carbonyl (C=O) groups excluding carboxylic acids is 1. The number of aromatic nitrogens is 1. The van der Waals surface area contributed by atoms with Crippen molar-refractivity contribution in [2.24, 2.45) is 0 Å². The predicted molar refractivity (Wildman–Crippen MR) is 158 cm³/mol. The summed E-state index contributed by atoms with van der Waals surface area (Å²) in [5.74, 6) is 0.247. The van der Waals surface area contributed by atoms with E-state index in [0.29, 0.717) is 23.6 Å². The minimum atomic E-state index is -3.38. The molecule has 11 heteroatoms. The SMILES string of the molecule is CCSC.CCc1ncc(COCc2ccc(C(=O)NC(CCS(C)(=O)=O)C(=O)O)c(-c3ccccc3C)c2)o1. The molecule has 0 bridgehead atoms. The highest BCUT2D eigenvalue weighted by molar-refractivity contribution is 7.98. The second-order valence-electron chi connectivity index (χ2n) is 9.12. The van der Waals surface area contributed by atoms with E-state index in [4.69, 9.17) is 9.15 Å². The third kappa shape index (κ3) is 10.8. The Labute approximate surface area is 240 Å². The topological polar surface area (TPSA) is 136 Å². The molecular formula is C29H38N2O7S2. The monoisotopic (exact) mass is 590 g/mol. The molecule has 1 atom stereocenters. The van der Waals surface area contributed by atoms with Crippen LogP contribution in [0.3, 0.4) is 0 Å². The molecule has 9 nitrogen and oxygen atoms in total. The highest BCUT2D eigenvalue weighted by Gasteiger charge is 2.24. The Morgan fingerprint density at radius 2 is 1.82 bits per heavy atom. The molecule has 1 amide bonds. The van der Waals surface area contributed by atoms with Gasteiger partial charge >= 0.3 is 5.97 Å². The van der Waals surface area contributed by atoms with E-state index in [1.807, 2.05) is 55.9 Å². The number of carboxylic acid groups (broad SMARTS) is 1. The minimum absolute atomic E-state index is 0.229. The molecule has 0 aliphatic heterocycles. The smallest absolute Gasteiger partial charge is 0.326 e. The van der Waals surface area contributed by atoms with Gasteiger partial charge in [0.25, 0.3) is 5.91 Å². The molecule has 2 N–H and O–H groups in total. The summed E-state index contributed by atoms with van der Waals surface area (Å²) in [5.41, 5.74) is 3.46. The first kappa shape index (κ1) is 33.1. The molecule has 1 heterocycles. The highest BCUT2D eigenvalue weighted by Crippen LogP contribution is 2.29. The largest absolute Gasteiger partial charge is 0.480 e. The molecule has 0 spiro atoms. The fraction of sp³-hybridized carbons (Fsp3) is 0.414. The Balaban J connectivity index is 0.00000131. The number of ether oxygens (including phenoxy) is 1. The molecule has 0 fully saturated rings. The van der Waals surface area contributed by atoms with Crippen LogP contribution in [-0.4, -0.2) is 60.4 Å². The van der Waals surface area contributed by atoms with E-state index in [1.165, 1.54) is 5.75 Å². The zero-order valence-electron chi connectivity index (χ0n) is 23.6. The summed E-state index contributed by atoms with van der Waals surface area (Å²) in [5, 5.41) is 12.0. The number of sulfone groups is 1. The zero-order valence-corrected chi connectivity index (χ0v) is 25.2. The van der Waals surface area contributed by atoms with Gasteiger partial charge in [-0.3, -0.25) is 4.79 Å². The van der Waals surface area contributed by atoms with Gasteiger partial charge in [0.05, 0.1) is 18.6 Å². The number of nitrogens with zero attached hydrogens (tertiary/aromatic N) is 1. The van der Waals surface area contributed by atoms with Crippen LogP contribution in [0.25, 0.3) is 11.1 Å². The van der Waals surface area contributed by atoms with E-state index >= 15 is 0 Å². The van der Waals surface area contributed by atoms with Gasteiger partial charge in [-0.15, -0.1) is 0 Å². The van der Waals surface area contributed by atoms with Crippen molar-refractivity contribution < 1.29 is 32.3 Å². The van der Waals surface area contributed by atoms with Gasteiger partial charge in [-0.1, -0.05) is 44.2 Å². The Bertz CT molecular complexity index is 1370. The van der Waals surface area contributed by atoms with E-state index in [1.54, 1.807) is 18.3 Å².